The zero-order valence-corrected chi connectivity index (χ0v) is 11.3. The van der Waals surface area contributed by atoms with Crippen molar-refractivity contribution < 1.29 is 0 Å². The molecule has 1 saturated carbocycles. The summed E-state index contributed by atoms with van der Waals surface area (Å²) in [5, 5.41) is 15.9. The van der Waals surface area contributed by atoms with E-state index in [0.717, 1.165) is 34.5 Å². The standard InChI is InChI=1S/C9H14BrN5S/c1-7(10)6-16-9-12-13-14-15(9)5-4-11-8-2-3-8/h8,11H,1-6H2. The van der Waals surface area contributed by atoms with Crippen molar-refractivity contribution in [2.45, 2.75) is 30.6 Å². The average molecular weight is 304 g/mol. The first kappa shape index (κ1) is 12.1. The normalized spacial score (nSPS) is 15.3. The van der Waals surface area contributed by atoms with E-state index in [2.05, 4.69) is 43.4 Å². The van der Waals surface area contributed by atoms with Crippen molar-refractivity contribution >= 4 is 27.7 Å². The molecule has 0 saturated heterocycles. The lowest BCUT2D eigenvalue weighted by atomic mass is 10.6. The van der Waals surface area contributed by atoms with Gasteiger partial charge in [0.1, 0.15) is 0 Å². The van der Waals surface area contributed by atoms with E-state index in [1.54, 1.807) is 11.8 Å². The van der Waals surface area contributed by atoms with E-state index < -0.39 is 0 Å². The van der Waals surface area contributed by atoms with E-state index in [-0.39, 0.29) is 0 Å². The Bertz CT molecular complexity index is 363. The van der Waals surface area contributed by atoms with Gasteiger partial charge in [0.15, 0.2) is 0 Å². The molecule has 7 heteroatoms. The van der Waals surface area contributed by atoms with Crippen molar-refractivity contribution in [2.75, 3.05) is 12.3 Å². The van der Waals surface area contributed by atoms with Crippen molar-refractivity contribution in [3.8, 4) is 0 Å². The van der Waals surface area contributed by atoms with Gasteiger partial charge in [0.2, 0.25) is 5.16 Å². The Labute approximate surface area is 107 Å². The molecule has 0 unspecified atom stereocenters. The third-order valence-electron chi connectivity index (χ3n) is 2.19. The maximum atomic E-state index is 3.98. The van der Waals surface area contributed by atoms with Gasteiger partial charge in [-0.3, -0.25) is 0 Å². The minimum absolute atomic E-state index is 0.731. The summed E-state index contributed by atoms with van der Waals surface area (Å²) < 4.78 is 2.78. The van der Waals surface area contributed by atoms with E-state index in [1.165, 1.54) is 12.8 Å². The zero-order valence-electron chi connectivity index (χ0n) is 8.90. The van der Waals surface area contributed by atoms with Crippen LogP contribution < -0.4 is 5.32 Å². The van der Waals surface area contributed by atoms with Crippen molar-refractivity contribution in [1.29, 1.82) is 0 Å². The molecule has 1 N–H and O–H groups in total. The van der Waals surface area contributed by atoms with Gasteiger partial charge in [0.25, 0.3) is 0 Å². The SMILES string of the molecule is C=C(Br)CSc1nnnn1CCNC1CC1. The molecular weight excluding hydrogens is 290 g/mol. The van der Waals surface area contributed by atoms with E-state index in [4.69, 9.17) is 0 Å². The Balaban J connectivity index is 1.77. The van der Waals surface area contributed by atoms with Crippen LogP contribution in [0.2, 0.25) is 0 Å². The largest absolute Gasteiger partial charge is 0.312 e. The van der Waals surface area contributed by atoms with Gasteiger partial charge in [0.05, 0.1) is 6.54 Å². The summed E-state index contributed by atoms with van der Waals surface area (Å²) in [6, 6.07) is 0.731. The fourth-order valence-corrected chi connectivity index (χ4v) is 2.25. The molecule has 0 bridgehead atoms. The van der Waals surface area contributed by atoms with Crippen LogP contribution in [0, 0.1) is 0 Å². The summed E-state index contributed by atoms with van der Waals surface area (Å²) in [5.41, 5.74) is 0. The lowest BCUT2D eigenvalue weighted by Gasteiger charge is -2.04. The van der Waals surface area contributed by atoms with Crippen LogP contribution in [0.1, 0.15) is 12.8 Å². The van der Waals surface area contributed by atoms with Gasteiger partial charge in [-0.1, -0.05) is 34.3 Å². The highest BCUT2D eigenvalue weighted by Crippen LogP contribution is 2.20. The van der Waals surface area contributed by atoms with E-state index in [1.807, 2.05) is 4.68 Å². The summed E-state index contributed by atoms with van der Waals surface area (Å²) in [7, 11) is 0. The first-order valence-corrected chi connectivity index (χ1v) is 6.99. The Morgan fingerprint density at radius 2 is 2.44 bits per heavy atom. The van der Waals surface area contributed by atoms with Gasteiger partial charge in [-0.2, -0.15) is 0 Å². The summed E-state index contributed by atoms with van der Waals surface area (Å²) in [6.45, 7) is 5.53. The Hall–Kier alpha value is -0.400. The fourth-order valence-electron chi connectivity index (χ4n) is 1.25. The lowest BCUT2D eigenvalue weighted by molar-refractivity contribution is 0.510. The number of nitrogens with one attached hydrogen (secondary N) is 1. The van der Waals surface area contributed by atoms with Crippen LogP contribution in [0.4, 0.5) is 0 Å². The van der Waals surface area contributed by atoms with Crippen molar-refractivity contribution in [1.82, 2.24) is 25.5 Å². The molecule has 1 aliphatic carbocycles. The highest BCUT2D eigenvalue weighted by Gasteiger charge is 2.19. The fraction of sp³-hybridized carbons (Fsp3) is 0.667. The summed E-state index contributed by atoms with van der Waals surface area (Å²) in [6.07, 6.45) is 2.61. The zero-order chi connectivity index (χ0) is 11.4. The molecule has 0 amide bonds. The van der Waals surface area contributed by atoms with Gasteiger partial charge in [-0.15, -0.1) is 5.10 Å². The molecule has 0 spiro atoms. The van der Waals surface area contributed by atoms with E-state index >= 15 is 0 Å². The second-order valence-corrected chi connectivity index (χ2v) is 5.78. The Morgan fingerprint density at radius 1 is 1.62 bits per heavy atom. The predicted molar refractivity (Wildman–Crippen MR) is 67.6 cm³/mol. The second kappa shape index (κ2) is 5.79. The highest BCUT2D eigenvalue weighted by molar-refractivity contribution is 9.11. The van der Waals surface area contributed by atoms with Gasteiger partial charge < -0.3 is 5.32 Å². The van der Waals surface area contributed by atoms with E-state index in [0.29, 0.717) is 0 Å². The summed E-state index contributed by atoms with van der Waals surface area (Å²) in [5.74, 6) is 0.788. The van der Waals surface area contributed by atoms with Crippen LogP contribution in [0.5, 0.6) is 0 Å². The molecule has 1 heterocycles. The van der Waals surface area contributed by atoms with Crippen molar-refractivity contribution in [2.24, 2.45) is 0 Å². The number of nitrogens with zero attached hydrogens (tertiary/aromatic N) is 4. The quantitative estimate of drug-likeness (QED) is 0.772. The maximum Gasteiger partial charge on any atom is 0.209 e. The molecule has 1 aromatic heterocycles. The van der Waals surface area contributed by atoms with Crippen molar-refractivity contribution in [3.63, 3.8) is 0 Å². The van der Waals surface area contributed by atoms with Crippen LogP contribution in [-0.2, 0) is 6.54 Å². The summed E-state index contributed by atoms with van der Waals surface area (Å²) in [4.78, 5) is 0. The van der Waals surface area contributed by atoms with Gasteiger partial charge in [-0.05, 0) is 27.8 Å². The topological polar surface area (TPSA) is 55.6 Å². The number of hydrogen-bond donors (Lipinski definition) is 1. The molecule has 0 aromatic carbocycles. The van der Waals surface area contributed by atoms with Crippen LogP contribution in [0.15, 0.2) is 16.2 Å². The molecule has 16 heavy (non-hydrogen) atoms. The molecule has 1 aromatic rings. The molecule has 0 aliphatic heterocycles. The number of hydrogen-bond acceptors (Lipinski definition) is 5. The second-order valence-electron chi connectivity index (χ2n) is 3.72. The lowest BCUT2D eigenvalue weighted by Crippen LogP contribution is -2.22. The van der Waals surface area contributed by atoms with E-state index in [9.17, 15) is 0 Å². The van der Waals surface area contributed by atoms with Gasteiger partial charge in [0, 0.05) is 18.3 Å². The minimum Gasteiger partial charge on any atom is -0.312 e. The maximum absolute atomic E-state index is 3.98. The van der Waals surface area contributed by atoms with Gasteiger partial charge in [-0.25, -0.2) is 4.68 Å². The summed E-state index contributed by atoms with van der Waals surface area (Å²) >= 11 is 4.91. The first-order valence-electron chi connectivity index (χ1n) is 5.21. The van der Waals surface area contributed by atoms with Crippen LogP contribution >= 0.6 is 27.7 Å². The Kier molecular flexibility index (Phi) is 4.37. The molecule has 0 atom stereocenters. The number of thioether (sulfide) groups is 1. The van der Waals surface area contributed by atoms with Crippen LogP contribution in [0.3, 0.4) is 0 Å². The molecule has 0 radical (unpaired) electrons. The van der Waals surface area contributed by atoms with Crippen LogP contribution in [0.25, 0.3) is 0 Å². The molecule has 2 rings (SSSR count). The predicted octanol–water partition coefficient (Wildman–Crippen LogP) is 1.43. The molecule has 1 aliphatic rings. The Morgan fingerprint density at radius 3 is 3.12 bits per heavy atom. The highest BCUT2D eigenvalue weighted by atomic mass is 79.9. The number of aromatic nitrogens is 4. The first-order chi connectivity index (χ1) is 7.75. The molecule has 1 fully saturated rings. The number of rotatable bonds is 7. The van der Waals surface area contributed by atoms with Crippen molar-refractivity contribution in [3.05, 3.63) is 11.1 Å². The molecule has 5 nitrogen and oxygen atoms in total. The minimum atomic E-state index is 0.731. The molecular formula is C9H14BrN5S. The monoisotopic (exact) mass is 303 g/mol. The smallest absolute Gasteiger partial charge is 0.209 e. The van der Waals surface area contributed by atoms with Gasteiger partial charge >= 0.3 is 0 Å². The number of halogens is 1. The average Bonchev–Trinajstić information content (AvgIpc) is 2.95. The third-order valence-corrected chi connectivity index (χ3v) is 3.89. The third kappa shape index (κ3) is 3.88. The van der Waals surface area contributed by atoms with Crippen LogP contribution in [-0.4, -0.2) is 38.5 Å². The molecule has 88 valence electrons. The number of tetrazole rings is 1.